The molecule has 1 aliphatic rings. The van der Waals surface area contributed by atoms with Crippen molar-refractivity contribution in [1.82, 2.24) is 4.72 Å². The molecule has 0 aromatic heterocycles. The van der Waals surface area contributed by atoms with Gasteiger partial charge in [-0.2, -0.15) is 0 Å². The standard InChI is InChI=1S/C19H21FN2O4S/c1-12(13-5-7-15(8-6-13)21-19(23)14-3-4-14)22-27(24,25)16-9-10-18(26-2)17(20)11-16/h5-12,14,22H,3-4H2,1-2H3,(H,21,23). The molecular formula is C19H21FN2O4S. The minimum absolute atomic E-state index is 0.0121. The van der Waals surface area contributed by atoms with E-state index in [0.717, 1.165) is 24.5 Å². The van der Waals surface area contributed by atoms with E-state index >= 15 is 0 Å². The van der Waals surface area contributed by atoms with E-state index in [2.05, 4.69) is 10.0 Å². The lowest BCUT2D eigenvalue weighted by Gasteiger charge is -2.16. The number of amides is 1. The molecule has 0 radical (unpaired) electrons. The average molecular weight is 392 g/mol. The third-order valence-corrected chi connectivity index (χ3v) is 5.93. The monoisotopic (exact) mass is 392 g/mol. The van der Waals surface area contributed by atoms with Crippen molar-refractivity contribution < 1.29 is 22.3 Å². The second-order valence-corrected chi connectivity index (χ2v) is 8.24. The highest BCUT2D eigenvalue weighted by Crippen LogP contribution is 2.30. The largest absolute Gasteiger partial charge is 0.494 e. The van der Waals surface area contributed by atoms with E-state index in [9.17, 15) is 17.6 Å². The molecule has 1 saturated carbocycles. The van der Waals surface area contributed by atoms with Crippen molar-refractivity contribution in [2.24, 2.45) is 5.92 Å². The van der Waals surface area contributed by atoms with Crippen LogP contribution in [-0.4, -0.2) is 21.4 Å². The van der Waals surface area contributed by atoms with E-state index in [-0.39, 0.29) is 22.5 Å². The van der Waals surface area contributed by atoms with Crippen LogP contribution >= 0.6 is 0 Å². The van der Waals surface area contributed by atoms with Gasteiger partial charge in [-0.15, -0.1) is 0 Å². The molecule has 0 spiro atoms. The number of halogens is 1. The van der Waals surface area contributed by atoms with Gasteiger partial charge in [0.1, 0.15) is 0 Å². The number of anilines is 1. The van der Waals surface area contributed by atoms with Gasteiger partial charge in [-0.3, -0.25) is 4.79 Å². The summed E-state index contributed by atoms with van der Waals surface area (Å²) < 4.78 is 46.1. The van der Waals surface area contributed by atoms with Gasteiger partial charge in [-0.1, -0.05) is 12.1 Å². The molecule has 1 aliphatic carbocycles. The van der Waals surface area contributed by atoms with E-state index in [1.807, 2.05) is 0 Å². The number of rotatable bonds is 7. The molecule has 2 aromatic rings. The van der Waals surface area contributed by atoms with Gasteiger partial charge in [0.25, 0.3) is 0 Å². The first-order chi connectivity index (χ1) is 12.8. The van der Waals surface area contributed by atoms with Gasteiger partial charge in [0.05, 0.1) is 12.0 Å². The summed E-state index contributed by atoms with van der Waals surface area (Å²) >= 11 is 0. The Kier molecular flexibility index (Phi) is 5.48. The lowest BCUT2D eigenvalue weighted by atomic mass is 10.1. The molecule has 2 aromatic carbocycles. The highest BCUT2D eigenvalue weighted by Gasteiger charge is 2.29. The first-order valence-electron chi connectivity index (χ1n) is 8.57. The maximum Gasteiger partial charge on any atom is 0.241 e. The van der Waals surface area contributed by atoms with Gasteiger partial charge in [-0.25, -0.2) is 17.5 Å². The summed E-state index contributed by atoms with van der Waals surface area (Å²) in [5.74, 6) is -0.645. The quantitative estimate of drug-likeness (QED) is 0.758. The van der Waals surface area contributed by atoms with E-state index in [0.29, 0.717) is 5.69 Å². The molecule has 27 heavy (non-hydrogen) atoms. The first kappa shape index (κ1) is 19.3. The van der Waals surface area contributed by atoms with Crippen LogP contribution in [0.3, 0.4) is 0 Å². The number of benzene rings is 2. The Morgan fingerprint density at radius 1 is 1.19 bits per heavy atom. The predicted molar refractivity (Wildman–Crippen MR) is 99.5 cm³/mol. The Labute approximate surface area is 157 Å². The molecule has 144 valence electrons. The number of methoxy groups -OCH3 is 1. The van der Waals surface area contributed by atoms with E-state index < -0.39 is 21.9 Å². The average Bonchev–Trinajstić information content (AvgIpc) is 3.47. The fraction of sp³-hybridized carbons (Fsp3) is 0.316. The molecular weight excluding hydrogens is 371 g/mol. The van der Waals surface area contributed by atoms with Crippen molar-refractivity contribution in [1.29, 1.82) is 0 Å². The number of hydrogen-bond acceptors (Lipinski definition) is 4. The zero-order valence-electron chi connectivity index (χ0n) is 15.0. The third kappa shape index (κ3) is 4.64. The van der Waals surface area contributed by atoms with Gasteiger partial charge in [0, 0.05) is 17.6 Å². The summed E-state index contributed by atoms with van der Waals surface area (Å²) in [6.45, 7) is 1.69. The van der Waals surface area contributed by atoms with Crippen LogP contribution in [-0.2, 0) is 14.8 Å². The van der Waals surface area contributed by atoms with Crippen molar-refractivity contribution in [3.63, 3.8) is 0 Å². The van der Waals surface area contributed by atoms with Crippen LogP contribution < -0.4 is 14.8 Å². The van der Waals surface area contributed by atoms with Crippen LogP contribution in [0.5, 0.6) is 5.75 Å². The van der Waals surface area contributed by atoms with Gasteiger partial charge in [0.2, 0.25) is 15.9 Å². The third-order valence-electron chi connectivity index (χ3n) is 4.39. The zero-order chi connectivity index (χ0) is 19.6. The summed E-state index contributed by atoms with van der Waals surface area (Å²) in [6.07, 6.45) is 1.85. The SMILES string of the molecule is COc1ccc(S(=O)(=O)NC(C)c2ccc(NC(=O)C3CC3)cc2)cc1F. The smallest absolute Gasteiger partial charge is 0.241 e. The summed E-state index contributed by atoms with van der Waals surface area (Å²) in [6, 6.07) is 9.88. The number of carbonyl (C=O) groups excluding carboxylic acids is 1. The van der Waals surface area contributed by atoms with Crippen molar-refractivity contribution in [3.05, 3.63) is 53.8 Å². The van der Waals surface area contributed by atoms with Crippen LogP contribution in [0.2, 0.25) is 0 Å². The highest BCUT2D eigenvalue weighted by molar-refractivity contribution is 7.89. The molecule has 1 unspecified atom stereocenters. The molecule has 1 atom stereocenters. The van der Waals surface area contributed by atoms with Crippen LogP contribution in [0.1, 0.15) is 31.4 Å². The molecule has 1 amide bonds. The second-order valence-electron chi connectivity index (χ2n) is 6.52. The number of sulfonamides is 1. The molecule has 0 heterocycles. The van der Waals surface area contributed by atoms with Gasteiger partial charge in [0.15, 0.2) is 11.6 Å². The lowest BCUT2D eigenvalue weighted by Crippen LogP contribution is -2.27. The molecule has 0 saturated heterocycles. The Morgan fingerprint density at radius 2 is 1.85 bits per heavy atom. The van der Waals surface area contributed by atoms with Crippen molar-refractivity contribution >= 4 is 21.6 Å². The molecule has 8 heteroatoms. The summed E-state index contributed by atoms with van der Waals surface area (Å²) in [7, 11) is -2.59. The van der Waals surface area contributed by atoms with Crippen LogP contribution in [0, 0.1) is 11.7 Å². The topological polar surface area (TPSA) is 84.5 Å². The van der Waals surface area contributed by atoms with Crippen LogP contribution in [0.4, 0.5) is 10.1 Å². The van der Waals surface area contributed by atoms with E-state index in [1.54, 1.807) is 31.2 Å². The Morgan fingerprint density at radius 3 is 2.41 bits per heavy atom. The Balaban J connectivity index is 1.69. The Bertz CT molecular complexity index is 941. The van der Waals surface area contributed by atoms with E-state index in [4.69, 9.17) is 4.74 Å². The van der Waals surface area contributed by atoms with E-state index in [1.165, 1.54) is 19.2 Å². The second kappa shape index (κ2) is 7.66. The lowest BCUT2D eigenvalue weighted by molar-refractivity contribution is -0.117. The molecule has 0 aliphatic heterocycles. The van der Waals surface area contributed by atoms with Crippen LogP contribution in [0.15, 0.2) is 47.4 Å². The zero-order valence-corrected chi connectivity index (χ0v) is 15.8. The summed E-state index contributed by atoms with van der Waals surface area (Å²) in [5, 5.41) is 2.83. The van der Waals surface area contributed by atoms with Crippen molar-refractivity contribution in [3.8, 4) is 5.75 Å². The van der Waals surface area contributed by atoms with Gasteiger partial charge in [-0.05, 0) is 55.7 Å². The van der Waals surface area contributed by atoms with Crippen molar-refractivity contribution in [2.45, 2.75) is 30.7 Å². The normalized spacial score (nSPS) is 15.2. The Hall–Kier alpha value is -2.45. The summed E-state index contributed by atoms with van der Waals surface area (Å²) in [5.41, 5.74) is 1.39. The highest BCUT2D eigenvalue weighted by atomic mass is 32.2. The molecule has 3 rings (SSSR count). The number of carbonyl (C=O) groups is 1. The predicted octanol–water partition coefficient (Wildman–Crippen LogP) is 3.22. The van der Waals surface area contributed by atoms with Crippen LogP contribution in [0.25, 0.3) is 0 Å². The minimum atomic E-state index is -3.90. The maximum absolute atomic E-state index is 13.8. The number of hydrogen-bond donors (Lipinski definition) is 2. The fourth-order valence-electron chi connectivity index (χ4n) is 2.63. The molecule has 0 bridgehead atoms. The summed E-state index contributed by atoms with van der Waals surface area (Å²) in [4.78, 5) is 11.6. The molecule has 2 N–H and O–H groups in total. The number of ether oxygens (including phenoxy) is 1. The number of nitrogens with one attached hydrogen (secondary N) is 2. The minimum Gasteiger partial charge on any atom is -0.494 e. The van der Waals surface area contributed by atoms with Crippen molar-refractivity contribution in [2.75, 3.05) is 12.4 Å². The molecule has 6 nitrogen and oxygen atoms in total. The first-order valence-corrected chi connectivity index (χ1v) is 10.0. The maximum atomic E-state index is 13.8. The molecule has 1 fully saturated rings. The fourth-order valence-corrected chi connectivity index (χ4v) is 3.87. The van der Waals surface area contributed by atoms with Gasteiger partial charge < -0.3 is 10.1 Å². The van der Waals surface area contributed by atoms with Gasteiger partial charge >= 0.3 is 0 Å².